The summed E-state index contributed by atoms with van der Waals surface area (Å²) in [5.41, 5.74) is 2.69. The van der Waals surface area contributed by atoms with Gasteiger partial charge in [-0.1, -0.05) is 0 Å². The fourth-order valence-corrected chi connectivity index (χ4v) is 2.69. The maximum absolute atomic E-state index is 11.5. The molecule has 1 atom stereocenters. The van der Waals surface area contributed by atoms with Gasteiger partial charge in [0.2, 0.25) is 5.91 Å². The smallest absolute Gasteiger partial charge is 0.238 e. The maximum atomic E-state index is 11.5. The average Bonchev–Trinajstić information content (AvgIpc) is 2.87. The Kier molecular flexibility index (Phi) is 3.39. The van der Waals surface area contributed by atoms with Gasteiger partial charge in [0.05, 0.1) is 23.8 Å². The molecule has 0 spiro atoms. The van der Waals surface area contributed by atoms with Crippen LogP contribution in [0.1, 0.15) is 5.69 Å². The van der Waals surface area contributed by atoms with Crippen molar-refractivity contribution in [2.75, 3.05) is 11.6 Å². The lowest BCUT2D eigenvalue weighted by Gasteiger charge is -2.08. The predicted octanol–water partition coefficient (Wildman–Crippen LogP) is 0.422. The molecule has 4 nitrogen and oxygen atoms in total. The molecule has 1 aromatic rings. The lowest BCUT2D eigenvalue weighted by molar-refractivity contribution is -0.122. The normalized spacial score (nSPS) is 21.0. The van der Waals surface area contributed by atoms with Gasteiger partial charge in [0, 0.05) is 17.0 Å². The molecule has 2 N–H and O–H groups in total. The van der Waals surface area contributed by atoms with Gasteiger partial charge in [0.1, 0.15) is 0 Å². The molecule has 1 aliphatic rings. The standard InChI is InChI=1S/C8H11N3OS2/c12-8(7-3-14-5-11-7)9-1-6-2-13-4-10-6/h2,4,7,11H,1,3,5H2,(H,9,12). The largest absolute Gasteiger partial charge is 0.349 e. The number of carbonyl (C=O) groups is 1. The number of nitrogens with zero attached hydrogens (tertiary/aromatic N) is 1. The molecule has 76 valence electrons. The summed E-state index contributed by atoms with van der Waals surface area (Å²) < 4.78 is 0. The fraction of sp³-hybridized carbons (Fsp3) is 0.500. The Hall–Kier alpha value is -0.590. The molecule has 0 aliphatic carbocycles. The van der Waals surface area contributed by atoms with Crippen molar-refractivity contribution in [2.24, 2.45) is 0 Å². The third-order valence-electron chi connectivity index (χ3n) is 1.96. The minimum atomic E-state index is -0.0290. The molecule has 2 rings (SSSR count). The van der Waals surface area contributed by atoms with Crippen molar-refractivity contribution in [1.82, 2.24) is 15.6 Å². The molecule has 1 unspecified atom stereocenters. The summed E-state index contributed by atoms with van der Waals surface area (Å²) in [6, 6.07) is -0.0290. The highest BCUT2D eigenvalue weighted by molar-refractivity contribution is 7.99. The van der Waals surface area contributed by atoms with Crippen LogP contribution >= 0.6 is 23.1 Å². The molecule has 1 aromatic heterocycles. The first-order chi connectivity index (χ1) is 6.86. The van der Waals surface area contributed by atoms with E-state index in [1.54, 1.807) is 28.6 Å². The Morgan fingerprint density at radius 2 is 2.71 bits per heavy atom. The molecule has 14 heavy (non-hydrogen) atoms. The number of thioether (sulfide) groups is 1. The van der Waals surface area contributed by atoms with E-state index in [-0.39, 0.29) is 11.9 Å². The van der Waals surface area contributed by atoms with Gasteiger partial charge in [-0.15, -0.1) is 23.1 Å². The first kappa shape index (κ1) is 9.95. The minimum absolute atomic E-state index is 0.0290. The molecule has 1 aliphatic heterocycles. The zero-order valence-corrected chi connectivity index (χ0v) is 9.16. The summed E-state index contributed by atoms with van der Waals surface area (Å²) in [4.78, 5) is 15.6. The van der Waals surface area contributed by atoms with Crippen LogP contribution in [0.2, 0.25) is 0 Å². The van der Waals surface area contributed by atoms with Crippen LogP contribution in [0.25, 0.3) is 0 Å². The second-order valence-corrected chi connectivity index (χ2v) is 4.72. The Bertz CT molecular complexity index is 296. The molecule has 1 saturated heterocycles. The number of thiazole rings is 1. The first-order valence-electron chi connectivity index (χ1n) is 4.32. The van der Waals surface area contributed by atoms with Gasteiger partial charge in [0.15, 0.2) is 0 Å². The highest BCUT2D eigenvalue weighted by atomic mass is 32.2. The molecular formula is C8H11N3OS2. The third kappa shape index (κ3) is 2.46. The quantitative estimate of drug-likeness (QED) is 0.789. The number of carbonyl (C=O) groups excluding carboxylic acids is 1. The van der Waals surface area contributed by atoms with Gasteiger partial charge in [-0.2, -0.15) is 0 Å². The average molecular weight is 229 g/mol. The Morgan fingerprint density at radius 3 is 3.36 bits per heavy atom. The zero-order valence-electron chi connectivity index (χ0n) is 7.53. The molecule has 2 heterocycles. The molecule has 6 heteroatoms. The van der Waals surface area contributed by atoms with Crippen molar-refractivity contribution >= 4 is 29.0 Å². The van der Waals surface area contributed by atoms with E-state index >= 15 is 0 Å². The summed E-state index contributed by atoms with van der Waals surface area (Å²) >= 11 is 3.29. The van der Waals surface area contributed by atoms with Crippen LogP contribution in [0.5, 0.6) is 0 Å². The van der Waals surface area contributed by atoms with Crippen molar-refractivity contribution in [2.45, 2.75) is 12.6 Å². The second-order valence-electron chi connectivity index (χ2n) is 2.97. The van der Waals surface area contributed by atoms with E-state index in [2.05, 4.69) is 15.6 Å². The SMILES string of the molecule is O=C(NCc1cscn1)C1CSCN1. The van der Waals surface area contributed by atoms with Crippen molar-refractivity contribution < 1.29 is 4.79 Å². The number of hydrogen-bond donors (Lipinski definition) is 2. The van der Waals surface area contributed by atoms with Crippen molar-refractivity contribution in [3.05, 3.63) is 16.6 Å². The number of aromatic nitrogens is 1. The number of amides is 1. The minimum Gasteiger partial charge on any atom is -0.349 e. The van der Waals surface area contributed by atoms with E-state index in [1.807, 2.05) is 5.38 Å². The highest BCUT2D eigenvalue weighted by Crippen LogP contribution is 2.09. The van der Waals surface area contributed by atoms with Gasteiger partial charge in [0.25, 0.3) is 0 Å². The topological polar surface area (TPSA) is 54.0 Å². The Labute approximate surface area is 90.5 Å². The number of nitrogens with one attached hydrogen (secondary N) is 2. The summed E-state index contributed by atoms with van der Waals surface area (Å²) in [5.74, 6) is 1.81. The summed E-state index contributed by atoms with van der Waals surface area (Å²) in [6.45, 7) is 0.533. The molecule has 1 amide bonds. The lowest BCUT2D eigenvalue weighted by Crippen LogP contribution is -2.41. The summed E-state index contributed by atoms with van der Waals surface area (Å²) in [6.07, 6.45) is 0. The lowest BCUT2D eigenvalue weighted by atomic mass is 10.3. The number of hydrogen-bond acceptors (Lipinski definition) is 5. The highest BCUT2D eigenvalue weighted by Gasteiger charge is 2.21. The van der Waals surface area contributed by atoms with Crippen LogP contribution in [0.15, 0.2) is 10.9 Å². The molecule has 0 aromatic carbocycles. The Balaban J connectivity index is 1.77. The van der Waals surface area contributed by atoms with Crippen LogP contribution in [0.4, 0.5) is 0 Å². The summed E-state index contributed by atoms with van der Waals surface area (Å²) in [7, 11) is 0. The van der Waals surface area contributed by atoms with Crippen LogP contribution in [-0.4, -0.2) is 28.6 Å². The van der Waals surface area contributed by atoms with E-state index in [1.165, 1.54) is 0 Å². The zero-order chi connectivity index (χ0) is 9.80. The van der Waals surface area contributed by atoms with E-state index in [9.17, 15) is 4.79 Å². The summed E-state index contributed by atoms with van der Waals surface area (Å²) in [5, 5.41) is 7.92. The second kappa shape index (κ2) is 4.77. The van der Waals surface area contributed by atoms with Crippen LogP contribution in [0, 0.1) is 0 Å². The van der Waals surface area contributed by atoms with Crippen molar-refractivity contribution in [3.63, 3.8) is 0 Å². The Morgan fingerprint density at radius 1 is 1.79 bits per heavy atom. The molecular weight excluding hydrogens is 218 g/mol. The van der Waals surface area contributed by atoms with Crippen molar-refractivity contribution in [3.8, 4) is 0 Å². The first-order valence-corrected chi connectivity index (χ1v) is 6.42. The van der Waals surface area contributed by atoms with Gasteiger partial charge >= 0.3 is 0 Å². The third-order valence-corrected chi connectivity index (χ3v) is 3.54. The van der Waals surface area contributed by atoms with Crippen LogP contribution in [-0.2, 0) is 11.3 Å². The fourth-order valence-electron chi connectivity index (χ4n) is 1.19. The molecule has 0 bridgehead atoms. The molecule has 0 saturated carbocycles. The van der Waals surface area contributed by atoms with Gasteiger partial charge < -0.3 is 5.32 Å². The van der Waals surface area contributed by atoms with E-state index in [4.69, 9.17) is 0 Å². The predicted molar refractivity (Wildman–Crippen MR) is 58.2 cm³/mol. The van der Waals surface area contributed by atoms with Crippen LogP contribution < -0.4 is 10.6 Å². The van der Waals surface area contributed by atoms with Gasteiger partial charge in [-0.3, -0.25) is 10.1 Å². The molecule has 0 radical (unpaired) electrons. The van der Waals surface area contributed by atoms with Gasteiger partial charge in [-0.05, 0) is 0 Å². The van der Waals surface area contributed by atoms with Crippen molar-refractivity contribution in [1.29, 1.82) is 0 Å². The van der Waals surface area contributed by atoms with E-state index in [0.29, 0.717) is 6.54 Å². The maximum Gasteiger partial charge on any atom is 0.238 e. The monoisotopic (exact) mass is 229 g/mol. The van der Waals surface area contributed by atoms with E-state index in [0.717, 1.165) is 17.3 Å². The van der Waals surface area contributed by atoms with Crippen LogP contribution in [0.3, 0.4) is 0 Å². The van der Waals surface area contributed by atoms with Gasteiger partial charge in [-0.25, -0.2) is 4.98 Å². The molecule has 1 fully saturated rings. The van der Waals surface area contributed by atoms with E-state index < -0.39 is 0 Å². The number of rotatable bonds is 3.